The molecule has 5 atom stereocenters. The molecular weight excluding hydrogens is 535 g/mol. The molecule has 0 radical (unpaired) electrons. The van der Waals surface area contributed by atoms with E-state index in [2.05, 4.69) is 39.6 Å². The predicted molar refractivity (Wildman–Crippen MR) is 137 cm³/mol. The molecule has 0 aromatic heterocycles. The third-order valence-electron chi connectivity index (χ3n) is 7.47. The first-order chi connectivity index (χ1) is 15.4. The average molecular weight is 572 g/mol. The Kier molecular flexibility index (Phi) is 8.76. The number of hydrogen-bond donors (Lipinski definition) is 2. The van der Waals surface area contributed by atoms with Crippen molar-refractivity contribution in [2.24, 2.45) is 28.7 Å². The zero-order chi connectivity index (χ0) is 22.8. The highest BCUT2D eigenvalue weighted by Gasteiger charge is 2.58. The molecule has 0 aromatic rings. The lowest BCUT2D eigenvalue weighted by Crippen LogP contribution is -2.47. The second-order valence-corrected chi connectivity index (χ2v) is 9.51. The molecule has 5 unspecified atom stereocenters. The molecule has 3 amide bonds. The maximum atomic E-state index is 12.9. The molecule has 9 nitrogen and oxygen atoms in total. The normalized spacial score (nSPS) is 30.6. The molecular formula is C23H37IN6O3. The zero-order valence-electron chi connectivity index (χ0n) is 19.8. The van der Waals surface area contributed by atoms with Gasteiger partial charge in [-0.1, -0.05) is 19.1 Å². The molecule has 33 heavy (non-hydrogen) atoms. The summed E-state index contributed by atoms with van der Waals surface area (Å²) in [6, 6.07) is 0.445. The van der Waals surface area contributed by atoms with Crippen LogP contribution in [0.5, 0.6) is 0 Å². The Balaban J connectivity index is 0.00000306. The minimum atomic E-state index is -0.163. The summed E-state index contributed by atoms with van der Waals surface area (Å²) in [6.45, 7) is 5.81. The lowest BCUT2D eigenvalue weighted by Gasteiger charge is -2.24. The van der Waals surface area contributed by atoms with E-state index in [-0.39, 0.29) is 71.9 Å². The molecule has 2 N–H and O–H groups in total. The molecule has 0 spiro atoms. The zero-order valence-corrected chi connectivity index (χ0v) is 22.2. The number of hydrogen-bond acceptors (Lipinski definition) is 5. The number of imide groups is 1. The first-order valence-corrected chi connectivity index (χ1v) is 11.9. The smallest absolute Gasteiger partial charge is 0.243 e. The summed E-state index contributed by atoms with van der Waals surface area (Å²) in [4.78, 5) is 47.5. The van der Waals surface area contributed by atoms with Crippen molar-refractivity contribution in [2.75, 3.05) is 53.4 Å². The van der Waals surface area contributed by atoms with Crippen molar-refractivity contribution < 1.29 is 14.4 Å². The number of halogens is 1. The van der Waals surface area contributed by atoms with E-state index in [0.29, 0.717) is 25.1 Å². The van der Waals surface area contributed by atoms with Crippen LogP contribution in [0.4, 0.5) is 0 Å². The summed E-state index contributed by atoms with van der Waals surface area (Å²) in [5.41, 5.74) is 0. The highest BCUT2D eigenvalue weighted by Crippen LogP contribution is 2.52. The van der Waals surface area contributed by atoms with Crippen molar-refractivity contribution in [2.45, 2.75) is 32.2 Å². The maximum Gasteiger partial charge on any atom is 0.243 e. The number of carbonyl (C=O) groups excluding carboxylic acids is 3. The van der Waals surface area contributed by atoms with Crippen molar-refractivity contribution in [3.05, 3.63) is 12.2 Å². The first kappa shape index (κ1) is 25.9. The lowest BCUT2D eigenvalue weighted by molar-refractivity contribution is -0.140. The van der Waals surface area contributed by atoms with E-state index in [4.69, 9.17) is 0 Å². The number of likely N-dealkylation sites (tertiary alicyclic amines) is 2. The van der Waals surface area contributed by atoms with Gasteiger partial charge >= 0.3 is 0 Å². The molecule has 2 aliphatic carbocycles. The molecule has 1 saturated carbocycles. The Morgan fingerprint density at radius 2 is 1.82 bits per heavy atom. The van der Waals surface area contributed by atoms with Crippen LogP contribution in [0.2, 0.25) is 0 Å². The van der Waals surface area contributed by atoms with Crippen LogP contribution >= 0.6 is 24.0 Å². The summed E-state index contributed by atoms with van der Waals surface area (Å²) >= 11 is 0. The van der Waals surface area contributed by atoms with Gasteiger partial charge in [0, 0.05) is 39.8 Å². The fourth-order valence-electron chi connectivity index (χ4n) is 5.69. The topological polar surface area (TPSA) is 97.3 Å². The van der Waals surface area contributed by atoms with Gasteiger partial charge in [0.1, 0.15) is 6.54 Å². The van der Waals surface area contributed by atoms with E-state index in [1.165, 1.54) is 16.2 Å². The Morgan fingerprint density at radius 3 is 2.42 bits per heavy atom. The summed E-state index contributed by atoms with van der Waals surface area (Å²) in [6.07, 6.45) is 7.49. The van der Waals surface area contributed by atoms with Crippen LogP contribution in [-0.4, -0.2) is 97.8 Å². The molecule has 4 aliphatic rings. The van der Waals surface area contributed by atoms with Gasteiger partial charge in [-0.05, 0) is 44.2 Å². The lowest BCUT2D eigenvalue weighted by atomic mass is 9.85. The molecule has 0 aromatic carbocycles. The van der Waals surface area contributed by atoms with Gasteiger partial charge in [-0.15, -0.1) is 24.0 Å². The fraction of sp³-hybridized carbons (Fsp3) is 0.739. The van der Waals surface area contributed by atoms with Crippen LogP contribution in [0.25, 0.3) is 0 Å². The van der Waals surface area contributed by atoms with Gasteiger partial charge in [0.2, 0.25) is 17.7 Å². The fourth-order valence-corrected chi connectivity index (χ4v) is 5.69. The number of guanidine groups is 1. The molecule has 2 saturated heterocycles. The second kappa shape index (κ2) is 11.2. The summed E-state index contributed by atoms with van der Waals surface area (Å²) in [5.74, 6) is 0.529. The predicted octanol–water partition coefficient (Wildman–Crippen LogP) is 0.519. The van der Waals surface area contributed by atoms with Crippen LogP contribution in [0.1, 0.15) is 26.2 Å². The molecule has 184 valence electrons. The highest BCUT2D eigenvalue weighted by molar-refractivity contribution is 14.0. The SMILES string of the molecule is CCN1CCCC1CNC(=NCC(=O)N(C)C)NCCN1C(=O)C2C3C=CC(C3)C2C1=O.I. The summed E-state index contributed by atoms with van der Waals surface area (Å²) in [5, 5.41) is 6.59. The monoisotopic (exact) mass is 572 g/mol. The van der Waals surface area contributed by atoms with Gasteiger partial charge < -0.3 is 15.5 Å². The van der Waals surface area contributed by atoms with E-state index < -0.39 is 0 Å². The Hall–Kier alpha value is -1.69. The number of aliphatic imine (C=N–C) groups is 1. The maximum absolute atomic E-state index is 12.9. The first-order valence-electron chi connectivity index (χ1n) is 11.9. The molecule has 10 heteroatoms. The van der Waals surface area contributed by atoms with Gasteiger partial charge in [-0.25, -0.2) is 4.99 Å². The van der Waals surface area contributed by atoms with Gasteiger partial charge in [-0.3, -0.25) is 24.2 Å². The van der Waals surface area contributed by atoms with Crippen LogP contribution in [-0.2, 0) is 14.4 Å². The standard InChI is InChI=1S/C23H36N6O3.HI/c1-4-28-10-5-6-17(28)13-25-23(26-14-18(30)27(2)3)24-9-11-29-21(31)19-15-7-8-16(12-15)20(19)22(29)32;/h7-8,15-17,19-20H,4-6,9-14H2,1-3H3,(H2,24,25,26);1H. The quantitative estimate of drug-likeness (QED) is 0.145. The minimum Gasteiger partial charge on any atom is -0.355 e. The highest BCUT2D eigenvalue weighted by atomic mass is 127. The number of nitrogens with one attached hydrogen (secondary N) is 2. The molecule has 3 fully saturated rings. The van der Waals surface area contributed by atoms with Crippen LogP contribution in [0.15, 0.2) is 17.1 Å². The van der Waals surface area contributed by atoms with Gasteiger partial charge in [0.05, 0.1) is 11.8 Å². The number of amides is 3. The third kappa shape index (κ3) is 5.36. The van der Waals surface area contributed by atoms with Crippen molar-refractivity contribution in [1.82, 2.24) is 25.3 Å². The molecule has 2 aliphatic heterocycles. The summed E-state index contributed by atoms with van der Waals surface area (Å²) in [7, 11) is 3.42. The number of carbonyl (C=O) groups is 3. The van der Waals surface area contributed by atoms with E-state index in [9.17, 15) is 14.4 Å². The number of allylic oxidation sites excluding steroid dienone is 2. The van der Waals surface area contributed by atoms with Crippen LogP contribution in [0.3, 0.4) is 0 Å². The Morgan fingerprint density at radius 1 is 1.15 bits per heavy atom. The van der Waals surface area contributed by atoms with E-state index in [1.807, 2.05) is 0 Å². The number of rotatable bonds is 8. The largest absolute Gasteiger partial charge is 0.355 e. The van der Waals surface area contributed by atoms with E-state index in [1.54, 1.807) is 14.1 Å². The van der Waals surface area contributed by atoms with Crippen molar-refractivity contribution in [3.8, 4) is 0 Å². The molecule has 4 rings (SSSR count). The number of fused-ring (bicyclic) bond motifs is 5. The van der Waals surface area contributed by atoms with Crippen LogP contribution < -0.4 is 10.6 Å². The average Bonchev–Trinajstić information content (AvgIpc) is 3.55. The molecule has 2 bridgehead atoms. The number of nitrogens with zero attached hydrogens (tertiary/aromatic N) is 4. The Bertz CT molecular complexity index is 786. The van der Waals surface area contributed by atoms with Gasteiger partial charge in [0.15, 0.2) is 5.96 Å². The van der Waals surface area contributed by atoms with Gasteiger partial charge in [-0.2, -0.15) is 0 Å². The van der Waals surface area contributed by atoms with Crippen molar-refractivity contribution >= 4 is 47.7 Å². The van der Waals surface area contributed by atoms with Crippen molar-refractivity contribution in [1.29, 1.82) is 0 Å². The summed E-state index contributed by atoms with van der Waals surface area (Å²) < 4.78 is 0. The van der Waals surface area contributed by atoms with E-state index in [0.717, 1.165) is 32.5 Å². The van der Waals surface area contributed by atoms with Crippen LogP contribution in [0, 0.1) is 23.7 Å². The number of likely N-dealkylation sites (N-methyl/N-ethyl adjacent to an activating group) is 2. The van der Waals surface area contributed by atoms with E-state index >= 15 is 0 Å². The Labute approximate surface area is 213 Å². The van der Waals surface area contributed by atoms with Gasteiger partial charge in [0.25, 0.3) is 0 Å². The molecule has 2 heterocycles. The second-order valence-electron chi connectivity index (χ2n) is 9.51. The van der Waals surface area contributed by atoms with Crippen molar-refractivity contribution in [3.63, 3.8) is 0 Å². The minimum absolute atomic E-state index is 0. The third-order valence-corrected chi connectivity index (χ3v) is 7.47.